The summed E-state index contributed by atoms with van der Waals surface area (Å²) in [4.78, 5) is 5.72. The van der Waals surface area contributed by atoms with Crippen LogP contribution in [-0.2, 0) is 12.6 Å². The first-order chi connectivity index (χ1) is 9.99. The Morgan fingerprint density at radius 2 is 2.14 bits per heavy atom. The highest BCUT2D eigenvalue weighted by Crippen LogP contribution is 2.39. The first kappa shape index (κ1) is 14.5. The lowest BCUT2D eigenvalue weighted by Crippen LogP contribution is -2.19. The SMILES string of the molecule is CNC1CCCc2nc(-c3cccc(C(F)(F)F)c3)sc21. The summed E-state index contributed by atoms with van der Waals surface area (Å²) in [5.74, 6) is 0. The van der Waals surface area contributed by atoms with Crippen LogP contribution >= 0.6 is 11.3 Å². The zero-order chi connectivity index (χ0) is 15.0. The van der Waals surface area contributed by atoms with Gasteiger partial charge >= 0.3 is 6.18 Å². The molecule has 21 heavy (non-hydrogen) atoms. The molecule has 0 aliphatic heterocycles. The Morgan fingerprint density at radius 3 is 2.86 bits per heavy atom. The van der Waals surface area contributed by atoms with Crippen molar-refractivity contribution >= 4 is 11.3 Å². The van der Waals surface area contributed by atoms with Crippen LogP contribution in [0.25, 0.3) is 10.6 Å². The van der Waals surface area contributed by atoms with Crippen molar-refractivity contribution in [1.82, 2.24) is 10.3 Å². The summed E-state index contributed by atoms with van der Waals surface area (Å²) in [6, 6.07) is 5.67. The van der Waals surface area contributed by atoms with E-state index in [4.69, 9.17) is 0 Å². The highest BCUT2D eigenvalue weighted by molar-refractivity contribution is 7.15. The molecule has 6 heteroatoms. The number of aryl methyl sites for hydroxylation is 1. The topological polar surface area (TPSA) is 24.9 Å². The second kappa shape index (κ2) is 5.42. The van der Waals surface area contributed by atoms with Gasteiger partial charge in [-0.2, -0.15) is 13.2 Å². The van der Waals surface area contributed by atoms with E-state index in [1.54, 1.807) is 6.07 Å². The molecule has 2 aromatic rings. The van der Waals surface area contributed by atoms with Crippen LogP contribution in [-0.4, -0.2) is 12.0 Å². The molecule has 1 aromatic heterocycles. The number of benzene rings is 1. The van der Waals surface area contributed by atoms with Crippen LogP contribution in [0.3, 0.4) is 0 Å². The van der Waals surface area contributed by atoms with Crippen molar-refractivity contribution in [1.29, 1.82) is 0 Å². The average Bonchev–Trinajstić information content (AvgIpc) is 2.90. The van der Waals surface area contributed by atoms with E-state index in [0.717, 1.165) is 35.9 Å². The van der Waals surface area contributed by atoms with Gasteiger partial charge in [0.25, 0.3) is 0 Å². The highest BCUT2D eigenvalue weighted by atomic mass is 32.1. The fourth-order valence-electron chi connectivity index (χ4n) is 2.65. The average molecular weight is 312 g/mol. The minimum atomic E-state index is -4.32. The Bertz CT molecular complexity index is 649. The first-order valence-electron chi connectivity index (χ1n) is 6.83. The standard InChI is InChI=1S/C15H15F3N2S/c1-19-11-6-3-7-12-13(11)21-14(20-12)9-4-2-5-10(8-9)15(16,17)18/h2,4-5,8,11,19H,3,6-7H2,1H3. The van der Waals surface area contributed by atoms with E-state index in [2.05, 4.69) is 10.3 Å². The van der Waals surface area contributed by atoms with Gasteiger partial charge in [-0.05, 0) is 38.4 Å². The van der Waals surface area contributed by atoms with Gasteiger partial charge < -0.3 is 5.32 Å². The number of aromatic nitrogens is 1. The maximum Gasteiger partial charge on any atom is 0.416 e. The second-order valence-electron chi connectivity index (χ2n) is 5.14. The van der Waals surface area contributed by atoms with Crippen molar-refractivity contribution in [2.75, 3.05) is 7.05 Å². The summed E-state index contributed by atoms with van der Waals surface area (Å²) in [5.41, 5.74) is 0.940. The van der Waals surface area contributed by atoms with E-state index >= 15 is 0 Å². The van der Waals surface area contributed by atoms with E-state index in [9.17, 15) is 13.2 Å². The molecule has 0 saturated carbocycles. The molecule has 3 rings (SSSR count). The van der Waals surface area contributed by atoms with Crippen LogP contribution in [0.2, 0.25) is 0 Å². The fraction of sp³-hybridized carbons (Fsp3) is 0.400. The zero-order valence-electron chi connectivity index (χ0n) is 11.5. The van der Waals surface area contributed by atoms with E-state index < -0.39 is 11.7 Å². The molecule has 1 aliphatic carbocycles. The third kappa shape index (κ3) is 2.82. The number of rotatable bonds is 2. The summed E-state index contributed by atoms with van der Waals surface area (Å²) in [7, 11) is 1.91. The summed E-state index contributed by atoms with van der Waals surface area (Å²) < 4.78 is 38.4. The van der Waals surface area contributed by atoms with E-state index in [-0.39, 0.29) is 6.04 Å². The van der Waals surface area contributed by atoms with Gasteiger partial charge in [-0.15, -0.1) is 11.3 Å². The van der Waals surface area contributed by atoms with E-state index in [1.807, 2.05) is 7.05 Å². The van der Waals surface area contributed by atoms with Crippen molar-refractivity contribution in [3.63, 3.8) is 0 Å². The summed E-state index contributed by atoms with van der Waals surface area (Å²) in [6.07, 6.45) is -1.30. The van der Waals surface area contributed by atoms with E-state index in [1.165, 1.54) is 23.5 Å². The molecule has 0 bridgehead atoms. The van der Waals surface area contributed by atoms with Crippen LogP contribution in [0.1, 0.15) is 35.0 Å². The van der Waals surface area contributed by atoms with Gasteiger partial charge in [0.2, 0.25) is 0 Å². The van der Waals surface area contributed by atoms with E-state index in [0.29, 0.717) is 10.6 Å². The Balaban J connectivity index is 2.00. The summed E-state index contributed by atoms with van der Waals surface area (Å²) in [5, 5.41) is 3.93. The molecule has 1 heterocycles. The van der Waals surface area contributed by atoms with Crippen molar-refractivity contribution in [2.45, 2.75) is 31.5 Å². The van der Waals surface area contributed by atoms with Gasteiger partial charge in [-0.3, -0.25) is 0 Å². The monoisotopic (exact) mass is 312 g/mol. The number of nitrogens with zero attached hydrogens (tertiary/aromatic N) is 1. The van der Waals surface area contributed by atoms with Crippen LogP contribution in [0.15, 0.2) is 24.3 Å². The number of alkyl halides is 3. The van der Waals surface area contributed by atoms with Crippen molar-refractivity contribution in [2.24, 2.45) is 0 Å². The largest absolute Gasteiger partial charge is 0.416 e. The molecule has 0 amide bonds. The van der Waals surface area contributed by atoms with Crippen molar-refractivity contribution in [3.8, 4) is 10.6 Å². The third-order valence-electron chi connectivity index (χ3n) is 3.74. The predicted octanol–water partition coefficient (Wildman–Crippen LogP) is 4.43. The van der Waals surface area contributed by atoms with Crippen molar-refractivity contribution < 1.29 is 13.2 Å². The van der Waals surface area contributed by atoms with Crippen LogP contribution in [0.4, 0.5) is 13.2 Å². The number of nitrogens with one attached hydrogen (secondary N) is 1. The van der Waals surface area contributed by atoms with Gasteiger partial charge in [0.05, 0.1) is 11.3 Å². The van der Waals surface area contributed by atoms with Gasteiger partial charge in [-0.1, -0.05) is 12.1 Å². The molecule has 0 saturated heterocycles. The maximum atomic E-state index is 12.8. The minimum absolute atomic E-state index is 0.269. The minimum Gasteiger partial charge on any atom is -0.312 e. The normalized spacial score (nSPS) is 18.6. The molecule has 0 spiro atoms. The molecule has 1 N–H and O–H groups in total. The first-order valence-corrected chi connectivity index (χ1v) is 7.65. The smallest absolute Gasteiger partial charge is 0.312 e. The van der Waals surface area contributed by atoms with Gasteiger partial charge in [0.1, 0.15) is 5.01 Å². The molecular formula is C15H15F3N2S. The maximum absolute atomic E-state index is 12.8. The lowest BCUT2D eigenvalue weighted by molar-refractivity contribution is -0.137. The number of halogens is 3. The lowest BCUT2D eigenvalue weighted by Gasteiger charge is -2.19. The second-order valence-corrected chi connectivity index (χ2v) is 6.17. The van der Waals surface area contributed by atoms with Crippen LogP contribution < -0.4 is 5.32 Å². The van der Waals surface area contributed by atoms with Crippen LogP contribution in [0, 0.1) is 0 Å². The van der Waals surface area contributed by atoms with Gasteiger partial charge in [0.15, 0.2) is 0 Å². The summed E-state index contributed by atoms with van der Waals surface area (Å²) in [6.45, 7) is 0. The summed E-state index contributed by atoms with van der Waals surface area (Å²) >= 11 is 1.50. The Kier molecular flexibility index (Phi) is 3.75. The molecular weight excluding hydrogens is 297 g/mol. The number of thiazole rings is 1. The molecule has 1 unspecified atom stereocenters. The number of hydrogen-bond acceptors (Lipinski definition) is 3. The van der Waals surface area contributed by atoms with Gasteiger partial charge in [0, 0.05) is 16.5 Å². The molecule has 1 aliphatic rings. The molecule has 2 nitrogen and oxygen atoms in total. The zero-order valence-corrected chi connectivity index (χ0v) is 12.3. The number of fused-ring (bicyclic) bond motifs is 1. The Morgan fingerprint density at radius 1 is 1.33 bits per heavy atom. The number of hydrogen-bond donors (Lipinski definition) is 1. The molecule has 0 fully saturated rings. The van der Waals surface area contributed by atoms with Gasteiger partial charge in [-0.25, -0.2) is 4.98 Å². The molecule has 1 aromatic carbocycles. The van der Waals surface area contributed by atoms with Crippen molar-refractivity contribution in [3.05, 3.63) is 40.4 Å². The van der Waals surface area contributed by atoms with Crippen LogP contribution in [0.5, 0.6) is 0 Å². The molecule has 112 valence electrons. The highest BCUT2D eigenvalue weighted by Gasteiger charge is 2.31. The molecule has 0 radical (unpaired) electrons. The predicted molar refractivity (Wildman–Crippen MR) is 77.3 cm³/mol. The lowest BCUT2D eigenvalue weighted by atomic mass is 9.98. The Hall–Kier alpha value is -1.40. The third-order valence-corrected chi connectivity index (χ3v) is 5.00. The fourth-order valence-corrected chi connectivity index (χ4v) is 3.90. The Labute approximate surface area is 125 Å². The molecule has 1 atom stereocenters. The quantitative estimate of drug-likeness (QED) is 0.887.